The zero-order valence-corrected chi connectivity index (χ0v) is 21.0. The molecule has 2 heterocycles. The number of carbonyl (C=O) groups excluding carboxylic acids is 1. The van der Waals surface area contributed by atoms with Crippen LogP contribution in [0.2, 0.25) is 5.02 Å². The zero-order valence-electron chi connectivity index (χ0n) is 18.7. The largest absolute Gasteiger partial charge is 0.384 e. The number of nitriles is 1. The highest BCUT2D eigenvalue weighted by atomic mass is 35.5. The van der Waals surface area contributed by atoms with Crippen molar-refractivity contribution in [2.24, 2.45) is 11.1 Å². The third-order valence-corrected chi connectivity index (χ3v) is 8.60. The van der Waals surface area contributed by atoms with Crippen molar-refractivity contribution in [2.75, 3.05) is 10.7 Å². The number of hydrogen-bond donors (Lipinski definition) is 1. The van der Waals surface area contributed by atoms with E-state index in [-0.39, 0.29) is 11.2 Å². The Bertz CT molecular complexity index is 1200. The Balaban J connectivity index is 2.00. The molecule has 1 aromatic carbocycles. The van der Waals surface area contributed by atoms with Gasteiger partial charge in [-0.15, -0.1) is 23.1 Å². The summed E-state index contributed by atoms with van der Waals surface area (Å²) >= 11 is 9.83. The molecule has 0 spiro atoms. The van der Waals surface area contributed by atoms with Crippen molar-refractivity contribution in [1.82, 2.24) is 0 Å². The van der Waals surface area contributed by atoms with Crippen molar-refractivity contribution in [1.29, 1.82) is 5.26 Å². The fourth-order valence-corrected chi connectivity index (χ4v) is 6.85. The maximum atomic E-state index is 13.6. The van der Waals surface area contributed by atoms with Gasteiger partial charge in [-0.1, -0.05) is 38.4 Å². The fraction of sp³-hybridized carbons (Fsp3) is 0.360. The highest BCUT2D eigenvalue weighted by Crippen LogP contribution is 2.52. The number of hydrogen-bond acceptors (Lipinski definition) is 6. The van der Waals surface area contributed by atoms with E-state index >= 15 is 0 Å². The number of aryl methyl sites for hydroxylation is 1. The Morgan fingerprint density at radius 1 is 1.34 bits per heavy atom. The summed E-state index contributed by atoms with van der Waals surface area (Å²) in [6.45, 7) is 8.26. The molecule has 0 radical (unpaired) electrons. The van der Waals surface area contributed by atoms with E-state index in [0.717, 1.165) is 32.5 Å². The van der Waals surface area contributed by atoms with Gasteiger partial charge in [-0.05, 0) is 59.2 Å². The van der Waals surface area contributed by atoms with Crippen molar-refractivity contribution in [3.05, 3.63) is 68.5 Å². The van der Waals surface area contributed by atoms with Crippen LogP contribution in [0.4, 0.5) is 5.69 Å². The molecule has 0 saturated carbocycles. The lowest BCUT2D eigenvalue weighted by Gasteiger charge is -2.43. The number of rotatable bonds is 4. The highest BCUT2D eigenvalue weighted by molar-refractivity contribution is 8.01. The van der Waals surface area contributed by atoms with Gasteiger partial charge in [-0.2, -0.15) is 5.26 Å². The number of nitrogens with two attached hydrogens (primary N) is 1. The Hall–Kier alpha value is -2.20. The molecule has 2 aliphatic rings. The van der Waals surface area contributed by atoms with Crippen molar-refractivity contribution < 1.29 is 4.79 Å². The Kier molecular flexibility index (Phi) is 6.19. The number of nitrogens with zero attached hydrogens (tertiary/aromatic N) is 2. The van der Waals surface area contributed by atoms with Crippen LogP contribution in [0.1, 0.15) is 50.7 Å². The summed E-state index contributed by atoms with van der Waals surface area (Å²) in [6, 6.07) is 10.1. The van der Waals surface area contributed by atoms with Gasteiger partial charge in [0, 0.05) is 28.4 Å². The minimum atomic E-state index is -0.434. The molecule has 2 aromatic rings. The molecule has 0 amide bonds. The topological polar surface area (TPSA) is 70.1 Å². The molecule has 0 unspecified atom stereocenters. The van der Waals surface area contributed by atoms with Gasteiger partial charge in [0.2, 0.25) is 0 Å². The molecular formula is C25H26ClN3OS2. The molecule has 1 aliphatic carbocycles. The molecule has 1 atom stereocenters. The lowest BCUT2D eigenvalue weighted by atomic mass is 9.69. The molecule has 166 valence electrons. The number of thiophene rings is 1. The zero-order chi connectivity index (χ0) is 23.2. The summed E-state index contributed by atoms with van der Waals surface area (Å²) in [5.74, 6) is 0.946. The summed E-state index contributed by atoms with van der Waals surface area (Å²) in [4.78, 5) is 15.5. The first-order valence-corrected chi connectivity index (χ1v) is 12.8. The molecule has 1 aromatic heterocycles. The Morgan fingerprint density at radius 3 is 2.75 bits per heavy atom. The minimum absolute atomic E-state index is 0.0864. The number of thioether (sulfide) groups is 1. The molecule has 0 bridgehead atoms. The van der Waals surface area contributed by atoms with Crippen molar-refractivity contribution in [3.8, 4) is 6.07 Å². The first-order valence-electron chi connectivity index (χ1n) is 10.6. The first kappa shape index (κ1) is 23.0. The number of halogens is 1. The predicted molar refractivity (Wildman–Crippen MR) is 134 cm³/mol. The maximum absolute atomic E-state index is 13.6. The molecule has 1 aliphatic heterocycles. The van der Waals surface area contributed by atoms with Crippen molar-refractivity contribution in [2.45, 2.75) is 50.7 Å². The summed E-state index contributed by atoms with van der Waals surface area (Å²) in [5, 5.41) is 12.9. The van der Waals surface area contributed by atoms with Gasteiger partial charge in [0.05, 0.1) is 21.8 Å². The fourth-order valence-electron chi connectivity index (χ4n) is 4.60. The molecule has 4 rings (SSSR count). The van der Waals surface area contributed by atoms with Crippen LogP contribution in [0.5, 0.6) is 0 Å². The van der Waals surface area contributed by atoms with Crippen molar-refractivity contribution >= 4 is 46.2 Å². The predicted octanol–water partition coefficient (Wildman–Crippen LogP) is 6.76. The molecule has 7 heteroatoms. The number of carbonyl (C=O) groups is 1. The van der Waals surface area contributed by atoms with Crippen LogP contribution in [0.15, 0.2) is 56.5 Å². The van der Waals surface area contributed by atoms with Crippen LogP contribution in [0.3, 0.4) is 0 Å². The Labute approximate surface area is 202 Å². The van der Waals surface area contributed by atoms with Gasteiger partial charge >= 0.3 is 0 Å². The summed E-state index contributed by atoms with van der Waals surface area (Å²) in [7, 11) is 0. The minimum Gasteiger partial charge on any atom is -0.384 e. The summed E-state index contributed by atoms with van der Waals surface area (Å²) < 4.78 is 1.13. The molecule has 0 fully saturated rings. The van der Waals surface area contributed by atoms with Gasteiger partial charge in [0.1, 0.15) is 5.82 Å². The summed E-state index contributed by atoms with van der Waals surface area (Å²) in [6.07, 6.45) is 1.14. The van der Waals surface area contributed by atoms with E-state index in [4.69, 9.17) is 17.3 Å². The van der Waals surface area contributed by atoms with Crippen LogP contribution < -0.4 is 10.6 Å². The second kappa shape index (κ2) is 8.62. The lowest BCUT2D eigenvalue weighted by Crippen LogP contribution is -2.42. The van der Waals surface area contributed by atoms with Crippen LogP contribution in [-0.2, 0) is 4.79 Å². The number of anilines is 1. The van der Waals surface area contributed by atoms with E-state index < -0.39 is 5.92 Å². The van der Waals surface area contributed by atoms with Gasteiger partial charge in [0.15, 0.2) is 5.78 Å². The Morgan fingerprint density at radius 2 is 2.09 bits per heavy atom. The van der Waals surface area contributed by atoms with Crippen LogP contribution >= 0.6 is 34.7 Å². The lowest BCUT2D eigenvalue weighted by molar-refractivity contribution is -0.118. The highest BCUT2D eigenvalue weighted by Gasteiger charge is 2.45. The van der Waals surface area contributed by atoms with Crippen molar-refractivity contribution in [3.63, 3.8) is 0 Å². The molecule has 4 nitrogen and oxygen atoms in total. The number of Topliss-reactive ketones (excluding diaryl/α,β-unsaturated/α-hetero) is 1. The standard InChI is InChI=1S/C25H26ClN3OS2/c1-5-31-24-16(8-9-32-24)21-17(13-27)23(28)29(15-7-6-14(2)18(26)10-15)19-11-25(3,4)12-20(30)22(19)21/h6-10,21H,5,11-12,28H2,1-4H3/t21-/m1/s1. The molecule has 0 saturated heterocycles. The number of ketones is 1. The average Bonchev–Trinajstić information content (AvgIpc) is 3.17. The molecule has 32 heavy (non-hydrogen) atoms. The van der Waals surface area contributed by atoms with Gasteiger partial charge in [0.25, 0.3) is 0 Å². The van der Waals surface area contributed by atoms with Crippen LogP contribution in [-0.4, -0.2) is 11.5 Å². The third kappa shape index (κ3) is 3.87. The van der Waals surface area contributed by atoms with Crippen LogP contribution in [0, 0.1) is 23.7 Å². The van der Waals surface area contributed by atoms with E-state index in [0.29, 0.717) is 34.8 Å². The normalized spacial score (nSPS) is 20.4. The van der Waals surface area contributed by atoms with E-state index in [1.54, 1.807) is 23.1 Å². The van der Waals surface area contributed by atoms with Gasteiger partial charge in [-0.25, -0.2) is 0 Å². The van der Waals surface area contributed by atoms with E-state index in [1.165, 1.54) is 0 Å². The molecular weight excluding hydrogens is 458 g/mol. The monoisotopic (exact) mass is 483 g/mol. The van der Waals surface area contributed by atoms with E-state index in [1.807, 2.05) is 41.5 Å². The van der Waals surface area contributed by atoms with Gasteiger partial charge < -0.3 is 5.73 Å². The van der Waals surface area contributed by atoms with E-state index in [2.05, 4.69) is 26.8 Å². The first-order chi connectivity index (χ1) is 15.2. The third-order valence-electron chi connectivity index (χ3n) is 6.04. The second-order valence-corrected chi connectivity index (χ2v) is 11.9. The average molecular weight is 484 g/mol. The second-order valence-electron chi connectivity index (χ2n) is 9.01. The smallest absolute Gasteiger partial charge is 0.162 e. The van der Waals surface area contributed by atoms with E-state index in [9.17, 15) is 10.1 Å². The quantitative estimate of drug-likeness (QED) is 0.486. The molecule has 2 N–H and O–H groups in total. The number of allylic oxidation sites excluding steroid dienone is 3. The van der Waals surface area contributed by atoms with Crippen LogP contribution in [0.25, 0.3) is 0 Å². The maximum Gasteiger partial charge on any atom is 0.162 e. The summed E-state index contributed by atoms with van der Waals surface area (Å²) in [5.41, 5.74) is 11.2. The van der Waals surface area contributed by atoms with Gasteiger partial charge in [-0.3, -0.25) is 9.69 Å². The number of benzene rings is 1. The SMILES string of the molecule is CCSc1sccc1[C@@H]1C(C#N)=C(N)N(c2ccc(C)c(Cl)c2)C2=C1C(=O)CC(C)(C)C2.